The Hall–Kier alpha value is -2.79. The Balaban J connectivity index is 1.76. The molecule has 2 aromatic heterocycles. The maximum absolute atomic E-state index is 12.1. The lowest BCUT2D eigenvalue weighted by Gasteiger charge is -2.06. The van der Waals surface area contributed by atoms with E-state index in [0.29, 0.717) is 17.1 Å². The molecule has 0 aliphatic rings. The molecule has 3 rings (SSSR count). The molecule has 0 atom stereocenters. The van der Waals surface area contributed by atoms with Crippen molar-refractivity contribution in [1.82, 2.24) is 15.0 Å². The van der Waals surface area contributed by atoms with Crippen LogP contribution < -0.4 is 5.32 Å². The van der Waals surface area contributed by atoms with Gasteiger partial charge in [0.15, 0.2) is 5.82 Å². The van der Waals surface area contributed by atoms with E-state index < -0.39 is 0 Å². The van der Waals surface area contributed by atoms with Gasteiger partial charge in [0, 0.05) is 11.8 Å². The van der Waals surface area contributed by atoms with Crippen LogP contribution in [0.15, 0.2) is 55.0 Å². The van der Waals surface area contributed by atoms with Crippen LogP contribution in [0, 0.1) is 6.92 Å². The minimum Gasteiger partial charge on any atom is -0.319 e. The van der Waals surface area contributed by atoms with Gasteiger partial charge in [0.2, 0.25) is 0 Å². The molecule has 1 N–H and O–H groups in total. The fraction of sp³-hybridized carbons (Fsp3) is 0.0588. The first kappa shape index (κ1) is 15.1. The van der Waals surface area contributed by atoms with Gasteiger partial charge in [-0.25, -0.2) is 15.0 Å². The van der Waals surface area contributed by atoms with Crippen molar-refractivity contribution in [2.75, 3.05) is 5.32 Å². The molecule has 0 aliphatic carbocycles. The van der Waals surface area contributed by atoms with E-state index in [4.69, 9.17) is 11.6 Å². The van der Waals surface area contributed by atoms with Gasteiger partial charge < -0.3 is 5.32 Å². The standard InChI is InChI=1S/C17H13ClN4O/c1-11-4-6-12(7-5-11)16-20-9-13(10-21-16)22-17(23)14-3-2-8-19-15(14)18/h2-10H,1H3,(H,22,23). The lowest BCUT2D eigenvalue weighted by Crippen LogP contribution is -2.13. The fourth-order valence-electron chi connectivity index (χ4n) is 2.00. The molecule has 0 spiro atoms. The van der Waals surface area contributed by atoms with E-state index in [9.17, 15) is 4.79 Å². The van der Waals surface area contributed by atoms with Gasteiger partial charge in [-0.2, -0.15) is 0 Å². The highest BCUT2D eigenvalue weighted by atomic mass is 35.5. The van der Waals surface area contributed by atoms with E-state index in [1.165, 1.54) is 11.8 Å². The molecule has 1 aromatic carbocycles. The van der Waals surface area contributed by atoms with Crippen LogP contribution in [-0.2, 0) is 0 Å². The largest absolute Gasteiger partial charge is 0.319 e. The molecular formula is C17H13ClN4O. The second-order valence-electron chi connectivity index (χ2n) is 4.96. The highest BCUT2D eigenvalue weighted by Gasteiger charge is 2.11. The fourth-order valence-corrected chi connectivity index (χ4v) is 2.20. The number of rotatable bonds is 3. The lowest BCUT2D eigenvalue weighted by molar-refractivity contribution is 0.102. The molecular weight excluding hydrogens is 312 g/mol. The van der Waals surface area contributed by atoms with Gasteiger partial charge in [-0.1, -0.05) is 41.4 Å². The van der Waals surface area contributed by atoms with Gasteiger partial charge >= 0.3 is 0 Å². The van der Waals surface area contributed by atoms with E-state index >= 15 is 0 Å². The second-order valence-corrected chi connectivity index (χ2v) is 5.32. The number of benzene rings is 1. The van der Waals surface area contributed by atoms with Gasteiger partial charge in [0.25, 0.3) is 5.91 Å². The number of hydrogen-bond donors (Lipinski definition) is 1. The average Bonchev–Trinajstić information content (AvgIpc) is 2.57. The summed E-state index contributed by atoms with van der Waals surface area (Å²) in [6.07, 6.45) is 4.65. The maximum Gasteiger partial charge on any atom is 0.258 e. The predicted molar refractivity (Wildman–Crippen MR) is 89.4 cm³/mol. The summed E-state index contributed by atoms with van der Waals surface area (Å²) in [4.78, 5) is 24.6. The van der Waals surface area contributed by atoms with Crippen LogP contribution in [-0.4, -0.2) is 20.9 Å². The third-order valence-corrected chi connectivity index (χ3v) is 3.52. The molecule has 0 radical (unpaired) electrons. The Morgan fingerprint density at radius 1 is 1.04 bits per heavy atom. The number of amides is 1. The number of halogens is 1. The van der Waals surface area contributed by atoms with Crippen LogP contribution in [0.1, 0.15) is 15.9 Å². The second kappa shape index (κ2) is 6.54. The molecule has 0 unspecified atom stereocenters. The molecule has 6 heteroatoms. The summed E-state index contributed by atoms with van der Waals surface area (Å²) >= 11 is 5.90. The Morgan fingerprint density at radius 2 is 1.74 bits per heavy atom. The van der Waals surface area contributed by atoms with Crippen molar-refractivity contribution in [3.8, 4) is 11.4 Å². The van der Waals surface area contributed by atoms with Crippen LogP contribution in [0.2, 0.25) is 5.15 Å². The summed E-state index contributed by atoms with van der Waals surface area (Å²) in [7, 11) is 0. The van der Waals surface area contributed by atoms with Crippen LogP contribution in [0.5, 0.6) is 0 Å². The number of aromatic nitrogens is 3. The molecule has 5 nitrogen and oxygen atoms in total. The third-order valence-electron chi connectivity index (χ3n) is 3.22. The zero-order valence-electron chi connectivity index (χ0n) is 12.3. The Bertz CT molecular complexity index is 832. The van der Waals surface area contributed by atoms with E-state index in [0.717, 1.165) is 5.56 Å². The molecule has 3 aromatic rings. The highest BCUT2D eigenvalue weighted by Crippen LogP contribution is 2.17. The molecule has 23 heavy (non-hydrogen) atoms. The first-order valence-corrected chi connectivity index (χ1v) is 7.32. The highest BCUT2D eigenvalue weighted by molar-refractivity contribution is 6.33. The number of nitrogens with zero attached hydrogens (tertiary/aromatic N) is 3. The molecule has 0 fully saturated rings. The smallest absolute Gasteiger partial charge is 0.258 e. The number of carbonyl (C=O) groups excluding carboxylic acids is 1. The van der Waals surface area contributed by atoms with Crippen molar-refractivity contribution in [3.05, 3.63) is 71.3 Å². The Morgan fingerprint density at radius 3 is 2.39 bits per heavy atom. The zero-order chi connectivity index (χ0) is 16.2. The third kappa shape index (κ3) is 3.52. The van der Waals surface area contributed by atoms with Crippen LogP contribution in [0.25, 0.3) is 11.4 Å². The Kier molecular flexibility index (Phi) is 4.30. The van der Waals surface area contributed by atoms with Crippen molar-refractivity contribution in [2.24, 2.45) is 0 Å². The van der Waals surface area contributed by atoms with Gasteiger partial charge in [-0.3, -0.25) is 4.79 Å². The summed E-state index contributed by atoms with van der Waals surface area (Å²) in [5, 5.41) is 2.85. The number of carbonyl (C=O) groups is 1. The summed E-state index contributed by atoms with van der Waals surface area (Å²) in [6.45, 7) is 2.02. The van der Waals surface area contributed by atoms with E-state index in [1.807, 2.05) is 31.2 Å². The summed E-state index contributed by atoms with van der Waals surface area (Å²) in [6, 6.07) is 11.2. The van der Waals surface area contributed by atoms with E-state index in [2.05, 4.69) is 20.3 Å². The average molecular weight is 325 g/mol. The number of aryl methyl sites for hydroxylation is 1. The van der Waals surface area contributed by atoms with E-state index in [1.54, 1.807) is 24.5 Å². The van der Waals surface area contributed by atoms with Gasteiger partial charge in [0.1, 0.15) is 5.15 Å². The monoisotopic (exact) mass is 324 g/mol. The summed E-state index contributed by atoms with van der Waals surface area (Å²) in [5.74, 6) is 0.247. The normalized spacial score (nSPS) is 10.3. The molecule has 2 heterocycles. The maximum atomic E-state index is 12.1. The first-order valence-electron chi connectivity index (χ1n) is 6.94. The number of hydrogen-bond acceptors (Lipinski definition) is 4. The van der Waals surface area contributed by atoms with Crippen molar-refractivity contribution < 1.29 is 4.79 Å². The minimum atomic E-state index is -0.352. The minimum absolute atomic E-state index is 0.155. The topological polar surface area (TPSA) is 67.8 Å². The number of pyridine rings is 1. The lowest BCUT2D eigenvalue weighted by atomic mass is 10.1. The molecule has 0 bridgehead atoms. The Labute approximate surface area is 138 Å². The molecule has 1 amide bonds. The van der Waals surface area contributed by atoms with Gasteiger partial charge in [-0.15, -0.1) is 0 Å². The first-order chi connectivity index (χ1) is 11.1. The van der Waals surface area contributed by atoms with Crippen LogP contribution in [0.4, 0.5) is 5.69 Å². The molecule has 0 saturated carbocycles. The summed E-state index contributed by atoms with van der Waals surface area (Å²) < 4.78 is 0. The zero-order valence-corrected chi connectivity index (χ0v) is 13.1. The van der Waals surface area contributed by atoms with Crippen molar-refractivity contribution in [3.63, 3.8) is 0 Å². The molecule has 0 saturated heterocycles. The van der Waals surface area contributed by atoms with Crippen LogP contribution >= 0.6 is 11.6 Å². The number of anilines is 1. The van der Waals surface area contributed by atoms with Gasteiger partial charge in [-0.05, 0) is 19.1 Å². The van der Waals surface area contributed by atoms with Crippen molar-refractivity contribution in [2.45, 2.75) is 6.92 Å². The van der Waals surface area contributed by atoms with E-state index in [-0.39, 0.29) is 11.1 Å². The van der Waals surface area contributed by atoms with Crippen molar-refractivity contribution >= 4 is 23.2 Å². The van der Waals surface area contributed by atoms with Crippen LogP contribution in [0.3, 0.4) is 0 Å². The SMILES string of the molecule is Cc1ccc(-c2ncc(NC(=O)c3cccnc3Cl)cn2)cc1. The predicted octanol–water partition coefficient (Wildman–Crippen LogP) is 3.75. The quantitative estimate of drug-likeness (QED) is 0.745. The van der Waals surface area contributed by atoms with Gasteiger partial charge in [0.05, 0.1) is 23.6 Å². The van der Waals surface area contributed by atoms with Crippen molar-refractivity contribution in [1.29, 1.82) is 0 Å². The molecule has 114 valence electrons. The molecule has 0 aliphatic heterocycles. The number of nitrogens with one attached hydrogen (secondary N) is 1. The summed E-state index contributed by atoms with van der Waals surface area (Å²) in [5.41, 5.74) is 2.89.